The predicted octanol–water partition coefficient (Wildman–Crippen LogP) is 2.01. The molecule has 1 aliphatic carbocycles. The van der Waals surface area contributed by atoms with Gasteiger partial charge in [-0.1, -0.05) is 31.4 Å². The number of para-hydroxylation sites is 1. The van der Waals surface area contributed by atoms with Crippen LogP contribution in [0.1, 0.15) is 32.1 Å². The van der Waals surface area contributed by atoms with Crippen LogP contribution >= 0.6 is 0 Å². The second kappa shape index (κ2) is 7.90. The number of aromatic nitrogens is 2. The van der Waals surface area contributed by atoms with Gasteiger partial charge in [-0.3, -0.25) is 9.59 Å². The van der Waals surface area contributed by atoms with Gasteiger partial charge in [0.2, 0.25) is 11.8 Å². The Morgan fingerprint density at radius 1 is 1.11 bits per heavy atom. The molecule has 1 aliphatic heterocycles. The summed E-state index contributed by atoms with van der Waals surface area (Å²) in [4.78, 5) is 36.9. The van der Waals surface area contributed by atoms with Crippen LogP contribution in [0.15, 0.2) is 30.6 Å². The summed E-state index contributed by atoms with van der Waals surface area (Å²) in [5.41, 5.74) is 0.770. The van der Waals surface area contributed by atoms with Crippen molar-refractivity contribution in [2.45, 2.75) is 38.1 Å². The number of piperazine rings is 1. The molecule has 0 unspecified atom stereocenters. The van der Waals surface area contributed by atoms with Crippen molar-refractivity contribution in [2.24, 2.45) is 0 Å². The lowest BCUT2D eigenvalue weighted by Gasteiger charge is -2.40. The number of rotatable bonds is 4. The molecule has 2 aliphatic rings. The zero-order valence-electron chi connectivity index (χ0n) is 15.3. The Morgan fingerprint density at radius 2 is 1.93 bits per heavy atom. The summed E-state index contributed by atoms with van der Waals surface area (Å²) >= 11 is 0. The molecule has 0 atom stereocenters. The summed E-state index contributed by atoms with van der Waals surface area (Å²) in [6.45, 7) is 1.20. The molecule has 4 rings (SSSR count). The van der Waals surface area contributed by atoms with Crippen molar-refractivity contribution in [3.8, 4) is 5.88 Å². The van der Waals surface area contributed by atoms with Gasteiger partial charge in [0.25, 0.3) is 5.91 Å². The smallest absolute Gasteiger partial charge is 0.261 e. The number of fused-ring (bicyclic) bond motifs is 1. The summed E-state index contributed by atoms with van der Waals surface area (Å²) in [7, 11) is 0. The quantitative estimate of drug-likeness (QED) is 0.825. The van der Waals surface area contributed by atoms with Gasteiger partial charge in [-0.05, 0) is 25.0 Å². The third kappa shape index (κ3) is 3.86. The van der Waals surface area contributed by atoms with Crippen molar-refractivity contribution in [3.05, 3.63) is 30.6 Å². The van der Waals surface area contributed by atoms with Crippen molar-refractivity contribution in [1.29, 1.82) is 0 Å². The number of hydrogen-bond acceptors (Lipinski definition) is 5. The van der Waals surface area contributed by atoms with Gasteiger partial charge < -0.3 is 14.5 Å². The highest BCUT2D eigenvalue weighted by molar-refractivity contribution is 5.87. The van der Waals surface area contributed by atoms with Crippen molar-refractivity contribution < 1.29 is 14.3 Å². The van der Waals surface area contributed by atoms with Crippen LogP contribution < -0.4 is 4.74 Å². The molecule has 27 heavy (non-hydrogen) atoms. The minimum absolute atomic E-state index is 0.0500. The van der Waals surface area contributed by atoms with Crippen molar-refractivity contribution in [3.63, 3.8) is 0 Å². The summed E-state index contributed by atoms with van der Waals surface area (Å²) in [5, 5.41) is 0.769. The fourth-order valence-electron chi connectivity index (χ4n) is 3.99. The van der Waals surface area contributed by atoms with Gasteiger partial charge in [-0.15, -0.1) is 0 Å². The fraction of sp³-hybridized carbons (Fsp3) is 0.500. The topological polar surface area (TPSA) is 75.6 Å². The van der Waals surface area contributed by atoms with Crippen LogP contribution in [0.3, 0.4) is 0 Å². The van der Waals surface area contributed by atoms with Crippen LogP contribution in [0, 0.1) is 0 Å². The van der Waals surface area contributed by atoms with E-state index in [4.69, 9.17) is 4.74 Å². The van der Waals surface area contributed by atoms with E-state index >= 15 is 0 Å². The maximum Gasteiger partial charge on any atom is 0.261 e. The van der Waals surface area contributed by atoms with Gasteiger partial charge in [-0.2, -0.15) is 0 Å². The lowest BCUT2D eigenvalue weighted by molar-refractivity contribution is -0.148. The molecule has 0 N–H and O–H groups in total. The van der Waals surface area contributed by atoms with Crippen molar-refractivity contribution in [2.75, 3.05) is 26.2 Å². The normalized spacial score (nSPS) is 18.7. The van der Waals surface area contributed by atoms with Gasteiger partial charge in [-0.25, -0.2) is 9.97 Å². The number of nitrogens with zero attached hydrogens (tertiary/aromatic N) is 4. The van der Waals surface area contributed by atoms with Crippen LogP contribution in [0.2, 0.25) is 0 Å². The Morgan fingerprint density at radius 3 is 2.74 bits per heavy atom. The first kappa shape index (κ1) is 17.7. The number of carbonyl (C=O) groups is 2. The van der Waals surface area contributed by atoms with Gasteiger partial charge in [0.1, 0.15) is 6.33 Å². The first-order valence-electron chi connectivity index (χ1n) is 9.62. The lowest BCUT2D eigenvalue weighted by Crippen LogP contribution is -2.56. The zero-order valence-corrected chi connectivity index (χ0v) is 15.3. The molecule has 7 heteroatoms. The average Bonchev–Trinajstić information content (AvgIpc) is 2.72. The number of ether oxygens (including phenoxy) is 1. The van der Waals surface area contributed by atoms with E-state index in [1.165, 1.54) is 25.6 Å². The number of carbonyl (C=O) groups excluding carboxylic acids is 2. The Kier molecular flexibility index (Phi) is 5.18. The van der Waals surface area contributed by atoms with Gasteiger partial charge >= 0.3 is 0 Å². The second-order valence-electron chi connectivity index (χ2n) is 7.18. The first-order valence-corrected chi connectivity index (χ1v) is 9.62. The van der Waals surface area contributed by atoms with E-state index < -0.39 is 0 Å². The monoisotopic (exact) mass is 368 g/mol. The maximum absolute atomic E-state index is 12.5. The van der Waals surface area contributed by atoms with Gasteiger partial charge in [0.15, 0.2) is 6.61 Å². The van der Waals surface area contributed by atoms with E-state index in [-0.39, 0.29) is 25.0 Å². The SMILES string of the molecule is O=C(COc1ncnc2ccccc12)N1CCN(C2CCCCC2)C(=O)C1. The highest BCUT2D eigenvalue weighted by Gasteiger charge is 2.32. The average molecular weight is 368 g/mol. The molecule has 0 spiro atoms. The Labute approximate surface area is 158 Å². The first-order chi connectivity index (χ1) is 13.2. The molecule has 0 bridgehead atoms. The van der Waals surface area contributed by atoms with Crippen molar-refractivity contribution in [1.82, 2.24) is 19.8 Å². The largest absolute Gasteiger partial charge is 0.467 e. The number of amides is 2. The number of hydrogen-bond donors (Lipinski definition) is 0. The molecule has 1 aromatic carbocycles. The van der Waals surface area contributed by atoms with Crippen LogP contribution in [-0.2, 0) is 9.59 Å². The molecule has 2 heterocycles. The lowest BCUT2D eigenvalue weighted by atomic mass is 9.93. The van der Waals surface area contributed by atoms with Gasteiger partial charge in [0.05, 0.1) is 17.4 Å². The summed E-state index contributed by atoms with van der Waals surface area (Å²) < 4.78 is 5.65. The highest BCUT2D eigenvalue weighted by atomic mass is 16.5. The summed E-state index contributed by atoms with van der Waals surface area (Å²) in [6.07, 6.45) is 7.25. The maximum atomic E-state index is 12.5. The van der Waals surface area contributed by atoms with E-state index in [1.54, 1.807) is 4.90 Å². The van der Waals surface area contributed by atoms with Crippen LogP contribution in [0.5, 0.6) is 5.88 Å². The van der Waals surface area contributed by atoms with E-state index in [2.05, 4.69) is 9.97 Å². The molecular weight excluding hydrogens is 344 g/mol. The number of benzene rings is 1. The third-order valence-corrected chi connectivity index (χ3v) is 5.46. The minimum Gasteiger partial charge on any atom is -0.467 e. The minimum atomic E-state index is -0.186. The molecule has 1 saturated carbocycles. The second-order valence-corrected chi connectivity index (χ2v) is 7.18. The predicted molar refractivity (Wildman–Crippen MR) is 100 cm³/mol. The molecule has 1 aromatic heterocycles. The third-order valence-electron chi connectivity index (χ3n) is 5.46. The van der Waals surface area contributed by atoms with Gasteiger partial charge in [0, 0.05) is 19.1 Å². The fourth-order valence-corrected chi connectivity index (χ4v) is 3.99. The van der Waals surface area contributed by atoms with Crippen molar-refractivity contribution >= 4 is 22.7 Å². The molecule has 2 aromatic rings. The summed E-state index contributed by atoms with van der Waals surface area (Å²) in [5.74, 6) is 0.254. The Bertz CT molecular complexity index is 830. The van der Waals surface area contributed by atoms with Crippen LogP contribution in [0.25, 0.3) is 10.9 Å². The molecule has 2 fully saturated rings. The molecule has 1 saturated heterocycles. The zero-order chi connectivity index (χ0) is 18.6. The Hall–Kier alpha value is -2.70. The summed E-state index contributed by atoms with van der Waals surface area (Å²) in [6, 6.07) is 7.86. The molecule has 142 valence electrons. The van der Waals surface area contributed by atoms with Crippen LogP contribution in [-0.4, -0.2) is 63.9 Å². The van der Waals surface area contributed by atoms with E-state index in [0.717, 1.165) is 23.7 Å². The van der Waals surface area contributed by atoms with E-state index in [1.807, 2.05) is 29.2 Å². The molecule has 7 nitrogen and oxygen atoms in total. The highest BCUT2D eigenvalue weighted by Crippen LogP contribution is 2.24. The Balaban J connectivity index is 1.34. The van der Waals surface area contributed by atoms with E-state index in [0.29, 0.717) is 25.0 Å². The molecule has 0 radical (unpaired) electrons. The van der Waals surface area contributed by atoms with E-state index in [9.17, 15) is 9.59 Å². The van der Waals surface area contributed by atoms with Crippen LogP contribution in [0.4, 0.5) is 0 Å². The standard InChI is InChI=1S/C20H24N4O3/c25-18-12-23(10-11-24(18)15-6-2-1-3-7-15)19(26)13-27-20-16-8-4-5-9-17(16)21-14-22-20/h4-5,8-9,14-15H,1-3,6-7,10-13H2. The molecule has 2 amide bonds. The molecular formula is C20H24N4O3.